The second-order valence-corrected chi connectivity index (χ2v) is 7.30. The molecule has 1 saturated heterocycles. The van der Waals surface area contributed by atoms with Gasteiger partial charge in [0.25, 0.3) is 5.91 Å². The van der Waals surface area contributed by atoms with Crippen molar-refractivity contribution in [1.29, 1.82) is 0 Å². The van der Waals surface area contributed by atoms with E-state index in [0.717, 1.165) is 60.5 Å². The molecule has 1 N–H and O–H groups in total. The number of hydrogen-bond donors (Lipinski definition) is 1. The molecule has 0 bridgehead atoms. The lowest BCUT2D eigenvalue weighted by atomic mass is 10.1. The van der Waals surface area contributed by atoms with Gasteiger partial charge in [-0.1, -0.05) is 15.9 Å². The van der Waals surface area contributed by atoms with E-state index in [1.54, 1.807) is 0 Å². The standard InChI is InChI=1S/C18H28BrN3O2.2ClH/c1-14-11-16(12-15(2)18(14)19)24-13-17(23)20-5-4-6-22-9-7-21(3)8-10-22;;/h11-12H,4-10,13H2,1-3H3,(H,20,23);2*1H. The van der Waals surface area contributed by atoms with Crippen LogP contribution >= 0.6 is 40.7 Å². The van der Waals surface area contributed by atoms with E-state index in [9.17, 15) is 4.79 Å². The number of amides is 1. The van der Waals surface area contributed by atoms with Crippen molar-refractivity contribution < 1.29 is 9.53 Å². The number of carbonyl (C=O) groups is 1. The largest absolute Gasteiger partial charge is 0.484 e. The van der Waals surface area contributed by atoms with E-state index >= 15 is 0 Å². The Morgan fingerprint density at radius 2 is 1.73 bits per heavy atom. The predicted molar refractivity (Wildman–Crippen MR) is 115 cm³/mol. The Morgan fingerprint density at radius 1 is 1.15 bits per heavy atom. The predicted octanol–water partition coefficient (Wildman–Crippen LogP) is 3.04. The summed E-state index contributed by atoms with van der Waals surface area (Å²) in [4.78, 5) is 16.7. The van der Waals surface area contributed by atoms with Crippen molar-refractivity contribution >= 4 is 46.7 Å². The third-order valence-corrected chi connectivity index (χ3v) is 5.60. The van der Waals surface area contributed by atoms with Crippen molar-refractivity contribution in [2.45, 2.75) is 20.3 Å². The second kappa shape index (κ2) is 12.8. The Labute approximate surface area is 177 Å². The van der Waals surface area contributed by atoms with Crippen LogP contribution in [0.25, 0.3) is 0 Å². The number of nitrogens with zero attached hydrogens (tertiary/aromatic N) is 2. The van der Waals surface area contributed by atoms with E-state index in [-0.39, 0.29) is 37.3 Å². The fraction of sp³-hybridized carbons (Fsp3) is 0.611. The molecule has 0 aliphatic carbocycles. The summed E-state index contributed by atoms with van der Waals surface area (Å²) < 4.78 is 6.68. The molecule has 0 saturated carbocycles. The van der Waals surface area contributed by atoms with Crippen LogP contribution in [0.1, 0.15) is 17.5 Å². The molecule has 26 heavy (non-hydrogen) atoms. The average Bonchev–Trinajstić information content (AvgIpc) is 2.56. The summed E-state index contributed by atoms with van der Waals surface area (Å²) in [5.74, 6) is 0.674. The third-order valence-electron chi connectivity index (χ3n) is 4.35. The van der Waals surface area contributed by atoms with Gasteiger partial charge < -0.3 is 19.9 Å². The Hall–Kier alpha value is -0.530. The minimum Gasteiger partial charge on any atom is -0.484 e. The molecule has 8 heteroatoms. The van der Waals surface area contributed by atoms with Crippen LogP contribution in [-0.4, -0.2) is 68.6 Å². The Morgan fingerprint density at radius 3 is 2.31 bits per heavy atom. The molecular formula is C18H30BrCl2N3O2. The molecule has 0 unspecified atom stereocenters. The van der Waals surface area contributed by atoms with Gasteiger partial charge in [-0.05, 0) is 57.1 Å². The Balaban J connectivity index is 0.00000312. The van der Waals surface area contributed by atoms with Gasteiger partial charge in [-0.2, -0.15) is 0 Å². The highest BCUT2D eigenvalue weighted by atomic mass is 79.9. The number of likely N-dealkylation sites (N-methyl/N-ethyl adjacent to an activating group) is 1. The van der Waals surface area contributed by atoms with Gasteiger partial charge in [-0.3, -0.25) is 4.79 Å². The molecule has 1 fully saturated rings. The molecule has 1 aromatic carbocycles. The Bertz CT molecular complexity index is 544. The number of carbonyl (C=O) groups excluding carboxylic acids is 1. The van der Waals surface area contributed by atoms with E-state index in [1.165, 1.54) is 0 Å². The molecule has 0 spiro atoms. The molecule has 1 aliphatic heterocycles. The van der Waals surface area contributed by atoms with Gasteiger partial charge >= 0.3 is 0 Å². The number of nitrogens with one attached hydrogen (secondary N) is 1. The summed E-state index contributed by atoms with van der Waals surface area (Å²) in [6.07, 6.45) is 0.978. The van der Waals surface area contributed by atoms with Gasteiger partial charge in [0.15, 0.2) is 6.61 Å². The van der Waals surface area contributed by atoms with Crippen molar-refractivity contribution in [3.8, 4) is 5.75 Å². The van der Waals surface area contributed by atoms with Gasteiger partial charge in [0.05, 0.1) is 0 Å². The van der Waals surface area contributed by atoms with E-state index < -0.39 is 0 Å². The maximum atomic E-state index is 11.9. The van der Waals surface area contributed by atoms with Crippen LogP contribution in [0.5, 0.6) is 5.75 Å². The highest BCUT2D eigenvalue weighted by molar-refractivity contribution is 9.10. The molecule has 150 valence electrons. The van der Waals surface area contributed by atoms with Crippen LogP contribution in [0.3, 0.4) is 0 Å². The summed E-state index contributed by atoms with van der Waals surface area (Å²) >= 11 is 3.53. The average molecular weight is 471 g/mol. The van der Waals surface area contributed by atoms with Crippen molar-refractivity contribution in [3.63, 3.8) is 0 Å². The van der Waals surface area contributed by atoms with Crippen LogP contribution < -0.4 is 10.1 Å². The quantitative estimate of drug-likeness (QED) is 0.622. The number of hydrogen-bond acceptors (Lipinski definition) is 4. The van der Waals surface area contributed by atoms with Crippen LogP contribution in [-0.2, 0) is 4.79 Å². The number of benzene rings is 1. The van der Waals surface area contributed by atoms with E-state index in [0.29, 0.717) is 6.54 Å². The smallest absolute Gasteiger partial charge is 0.257 e. The summed E-state index contributed by atoms with van der Waals surface area (Å²) in [7, 11) is 2.16. The molecule has 1 aliphatic rings. The molecule has 0 radical (unpaired) electrons. The van der Waals surface area contributed by atoms with Crippen molar-refractivity contribution in [2.75, 3.05) is 52.9 Å². The van der Waals surface area contributed by atoms with E-state index in [1.807, 2.05) is 26.0 Å². The van der Waals surface area contributed by atoms with Crippen LogP contribution in [0.4, 0.5) is 0 Å². The fourth-order valence-corrected chi connectivity index (χ4v) is 3.02. The highest BCUT2D eigenvalue weighted by Gasteiger charge is 2.13. The van der Waals surface area contributed by atoms with Crippen LogP contribution in [0.15, 0.2) is 16.6 Å². The van der Waals surface area contributed by atoms with E-state index in [2.05, 4.69) is 38.1 Å². The van der Waals surface area contributed by atoms with Gasteiger partial charge in [0.2, 0.25) is 0 Å². The topological polar surface area (TPSA) is 44.8 Å². The number of piperazine rings is 1. The molecule has 1 aromatic rings. The monoisotopic (exact) mass is 469 g/mol. The highest BCUT2D eigenvalue weighted by Crippen LogP contribution is 2.26. The number of aryl methyl sites for hydroxylation is 2. The fourth-order valence-electron chi connectivity index (χ4n) is 2.79. The molecular weight excluding hydrogens is 441 g/mol. The first-order valence-electron chi connectivity index (χ1n) is 8.53. The molecule has 0 atom stereocenters. The number of ether oxygens (including phenoxy) is 1. The normalized spacial score (nSPS) is 14.9. The van der Waals surface area contributed by atoms with Crippen LogP contribution in [0, 0.1) is 13.8 Å². The molecule has 1 amide bonds. The molecule has 5 nitrogen and oxygen atoms in total. The van der Waals surface area contributed by atoms with Gasteiger partial charge in [-0.15, -0.1) is 24.8 Å². The maximum Gasteiger partial charge on any atom is 0.257 e. The van der Waals surface area contributed by atoms with E-state index in [4.69, 9.17) is 4.74 Å². The second-order valence-electron chi connectivity index (χ2n) is 6.51. The summed E-state index contributed by atoms with van der Waals surface area (Å²) in [6, 6.07) is 3.88. The lowest BCUT2D eigenvalue weighted by molar-refractivity contribution is -0.123. The molecule has 1 heterocycles. The minimum atomic E-state index is -0.0633. The van der Waals surface area contributed by atoms with Crippen molar-refractivity contribution in [1.82, 2.24) is 15.1 Å². The molecule has 0 aromatic heterocycles. The summed E-state index contributed by atoms with van der Waals surface area (Å²) in [5.41, 5.74) is 2.22. The van der Waals surface area contributed by atoms with Gasteiger partial charge in [0.1, 0.15) is 5.75 Å². The lowest BCUT2D eigenvalue weighted by Gasteiger charge is -2.32. The first-order valence-corrected chi connectivity index (χ1v) is 9.32. The van der Waals surface area contributed by atoms with Crippen molar-refractivity contribution in [2.24, 2.45) is 0 Å². The zero-order valence-corrected chi connectivity index (χ0v) is 18.9. The number of rotatable bonds is 7. The lowest BCUT2D eigenvalue weighted by Crippen LogP contribution is -2.45. The van der Waals surface area contributed by atoms with Crippen LogP contribution in [0.2, 0.25) is 0 Å². The van der Waals surface area contributed by atoms with Gasteiger partial charge in [-0.25, -0.2) is 0 Å². The maximum absolute atomic E-state index is 11.9. The molecule has 2 rings (SSSR count). The SMILES string of the molecule is Cc1cc(OCC(=O)NCCCN2CCN(C)CC2)cc(C)c1Br.Cl.Cl. The minimum absolute atomic E-state index is 0. The first-order chi connectivity index (χ1) is 11.5. The van der Waals surface area contributed by atoms with Crippen molar-refractivity contribution in [3.05, 3.63) is 27.7 Å². The first kappa shape index (κ1) is 25.5. The number of halogens is 3. The third kappa shape index (κ3) is 8.44. The zero-order valence-electron chi connectivity index (χ0n) is 15.7. The van der Waals surface area contributed by atoms with Gasteiger partial charge in [0, 0.05) is 37.2 Å². The Kier molecular flexibility index (Phi) is 12.5. The summed E-state index contributed by atoms with van der Waals surface area (Å²) in [6.45, 7) is 10.3. The summed E-state index contributed by atoms with van der Waals surface area (Å²) in [5, 5.41) is 2.93. The zero-order chi connectivity index (χ0) is 17.5.